The minimum absolute atomic E-state index is 0.109. The van der Waals surface area contributed by atoms with Crippen LogP contribution in [0.1, 0.15) is 72.6 Å². The maximum atomic E-state index is 11.9. The van der Waals surface area contributed by atoms with E-state index in [4.69, 9.17) is 9.05 Å². The zero-order valence-corrected chi connectivity index (χ0v) is 14.5. The Labute approximate surface area is 125 Å². The van der Waals surface area contributed by atoms with E-state index < -0.39 is 8.25 Å². The number of unbranched alkanes of at least 4 members (excludes halogenated alkanes) is 3. The van der Waals surface area contributed by atoms with Gasteiger partial charge in [0.25, 0.3) is 0 Å². The minimum Gasteiger partial charge on any atom is -0.119 e. The summed E-state index contributed by atoms with van der Waals surface area (Å²) in [5.74, 6) is 1.78. The molecule has 3 nitrogen and oxygen atoms in total. The highest BCUT2D eigenvalue weighted by Crippen LogP contribution is 2.40. The maximum absolute atomic E-state index is 11.9. The van der Waals surface area contributed by atoms with E-state index in [9.17, 15) is 4.57 Å². The molecule has 118 valence electrons. The van der Waals surface area contributed by atoms with Crippen LogP contribution in [0.15, 0.2) is 0 Å². The Morgan fingerprint density at radius 1 is 1.20 bits per heavy atom. The van der Waals surface area contributed by atoms with Crippen molar-refractivity contribution in [3.8, 4) is 0 Å². The largest absolute Gasteiger partial charge is 0.697 e. The first-order valence-corrected chi connectivity index (χ1v) is 9.41. The molecule has 0 amide bonds. The summed E-state index contributed by atoms with van der Waals surface area (Å²) in [4.78, 5) is 0. The quantitative estimate of drug-likeness (QED) is 0.404. The van der Waals surface area contributed by atoms with Gasteiger partial charge in [-0.2, -0.15) is 0 Å². The van der Waals surface area contributed by atoms with Crippen molar-refractivity contribution in [3.05, 3.63) is 0 Å². The van der Waals surface area contributed by atoms with Gasteiger partial charge < -0.3 is 0 Å². The van der Waals surface area contributed by atoms with Crippen LogP contribution in [-0.2, 0) is 13.6 Å². The standard InChI is InChI=1S/C16H32O3P/c1-5-6-7-8-11-18-20(17)19-16-12-14(4)9-10-15(16)13(2)3/h13-16H,5-12H2,1-4H3/q+1. The molecule has 1 fully saturated rings. The van der Waals surface area contributed by atoms with E-state index in [2.05, 4.69) is 27.7 Å². The molecule has 0 heterocycles. The predicted octanol–water partition coefficient (Wildman–Crippen LogP) is 5.72. The zero-order valence-electron chi connectivity index (χ0n) is 13.6. The molecule has 0 radical (unpaired) electrons. The molecule has 4 unspecified atom stereocenters. The Morgan fingerprint density at radius 2 is 1.95 bits per heavy atom. The van der Waals surface area contributed by atoms with Gasteiger partial charge in [0.15, 0.2) is 0 Å². The van der Waals surface area contributed by atoms with Crippen molar-refractivity contribution in [1.29, 1.82) is 0 Å². The molecule has 0 saturated heterocycles. The highest BCUT2D eigenvalue weighted by Gasteiger charge is 2.38. The highest BCUT2D eigenvalue weighted by atomic mass is 31.1. The topological polar surface area (TPSA) is 35.5 Å². The number of rotatable bonds is 9. The molecule has 0 bridgehead atoms. The van der Waals surface area contributed by atoms with Crippen LogP contribution in [0.4, 0.5) is 0 Å². The molecule has 0 N–H and O–H groups in total. The number of hydrogen-bond acceptors (Lipinski definition) is 3. The van der Waals surface area contributed by atoms with Gasteiger partial charge in [-0.15, -0.1) is 9.05 Å². The zero-order chi connectivity index (χ0) is 15.0. The molecule has 4 heteroatoms. The van der Waals surface area contributed by atoms with Crippen molar-refractivity contribution in [2.45, 2.75) is 78.7 Å². The van der Waals surface area contributed by atoms with E-state index in [1.165, 1.54) is 25.7 Å². The molecule has 20 heavy (non-hydrogen) atoms. The fraction of sp³-hybridized carbons (Fsp3) is 1.00. The first-order valence-electron chi connectivity index (χ1n) is 8.31. The first kappa shape index (κ1) is 18.1. The predicted molar refractivity (Wildman–Crippen MR) is 83.9 cm³/mol. The lowest BCUT2D eigenvalue weighted by Gasteiger charge is -2.33. The molecule has 0 aromatic heterocycles. The van der Waals surface area contributed by atoms with E-state index in [1.807, 2.05) is 0 Å². The Morgan fingerprint density at radius 3 is 2.60 bits per heavy atom. The maximum Gasteiger partial charge on any atom is 0.697 e. The second-order valence-electron chi connectivity index (χ2n) is 6.59. The van der Waals surface area contributed by atoms with E-state index in [1.54, 1.807) is 0 Å². The second-order valence-corrected chi connectivity index (χ2v) is 7.50. The summed E-state index contributed by atoms with van der Waals surface area (Å²) in [7, 11) is -1.94. The monoisotopic (exact) mass is 303 g/mol. The van der Waals surface area contributed by atoms with E-state index in [-0.39, 0.29) is 6.10 Å². The summed E-state index contributed by atoms with van der Waals surface area (Å²) in [5, 5.41) is 0. The van der Waals surface area contributed by atoms with E-state index in [0.29, 0.717) is 24.4 Å². The fourth-order valence-electron chi connectivity index (χ4n) is 3.04. The summed E-state index contributed by atoms with van der Waals surface area (Å²) in [5.41, 5.74) is 0. The summed E-state index contributed by atoms with van der Waals surface area (Å²) in [6.45, 7) is 9.46. The third-order valence-corrected chi connectivity index (χ3v) is 5.21. The smallest absolute Gasteiger partial charge is 0.119 e. The molecule has 4 atom stereocenters. The second kappa shape index (κ2) is 9.87. The molecule has 0 aromatic rings. The molecule has 1 aliphatic rings. The van der Waals surface area contributed by atoms with E-state index >= 15 is 0 Å². The third-order valence-electron chi connectivity index (χ3n) is 4.38. The molecule has 0 spiro atoms. The Balaban J connectivity index is 2.30. The Hall–Kier alpha value is 0.0200. The van der Waals surface area contributed by atoms with Crippen molar-refractivity contribution in [2.75, 3.05) is 6.61 Å². The van der Waals surface area contributed by atoms with Crippen LogP contribution in [0.25, 0.3) is 0 Å². The van der Waals surface area contributed by atoms with Gasteiger partial charge >= 0.3 is 8.25 Å². The molecule has 1 saturated carbocycles. The molecular weight excluding hydrogens is 271 g/mol. The van der Waals surface area contributed by atoms with Crippen LogP contribution in [0.3, 0.4) is 0 Å². The molecule has 0 aromatic carbocycles. The Kier molecular flexibility index (Phi) is 8.91. The Bertz CT molecular complexity index is 281. The molecule has 0 aliphatic heterocycles. The lowest BCUT2D eigenvalue weighted by Crippen LogP contribution is -2.32. The van der Waals surface area contributed by atoms with Crippen LogP contribution in [0.5, 0.6) is 0 Å². The van der Waals surface area contributed by atoms with Crippen molar-refractivity contribution in [2.24, 2.45) is 17.8 Å². The lowest BCUT2D eigenvalue weighted by atomic mass is 9.75. The van der Waals surface area contributed by atoms with Gasteiger partial charge in [0.2, 0.25) is 0 Å². The SMILES string of the molecule is CCCCCCO[P+](=O)OC1CC(C)CCC1C(C)C. The van der Waals surface area contributed by atoms with Gasteiger partial charge in [-0.3, -0.25) is 0 Å². The average molecular weight is 303 g/mol. The van der Waals surface area contributed by atoms with Crippen molar-refractivity contribution >= 4 is 8.25 Å². The minimum atomic E-state index is -1.94. The fourth-order valence-corrected chi connectivity index (χ4v) is 3.85. The van der Waals surface area contributed by atoms with Crippen LogP contribution < -0.4 is 0 Å². The van der Waals surface area contributed by atoms with Crippen molar-refractivity contribution in [3.63, 3.8) is 0 Å². The van der Waals surface area contributed by atoms with Crippen LogP contribution in [-0.4, -0.2) is 12.7 Å². The van der Waals surface area contributed by atoms with Crippen LogP contribution in [0.2, 0.25) is 0 Å². The number of hydrogen-bond donors (Lipinski definition) is 0. The van der Waals surface area contributed by atoms with Crippen molar-refractivity contribution in [1.82, 2.24) is 0 Å². The molecular formula is C16H32O3P+. The molecule has 1 aliphatic carbocycles. The van der Waals surface area contributed by atoms with Gasteiger partial charge in [-0.1, -0.05) is 53.4 Å². The summed E-state index contributed by atoms with van der Waals surface area (Å²) in [6.07, 6.45) is 8.12. The lowest BCUT2D eigenvalue weighted by molar-refractivity contribution is 0.0382. The molecule has 1 rings (SSSR count). The van der Waals surface area contributed by atoms with Gasteiger partial charge in [-0.25, -0.2) is 0 Å². The summed E-state index contributed by atoms with van der Waals surface area (Å²) in [6, 6.07) is 0. The van der Waals surface area contributed by atoms with E-state index in [0.717, 1.165) is 19.3 Å². The summed E-state index contributed by atoms with van der Waals surface area (Å²) < 4.78 is 23.0. The van der Waals surface area contributed by atoms with Gasteiger partial charge in [0.05, 0.1) is 0 Å². The van der Waals surface area contributed by atoms with Gasteiger partial charge in [0, 0.05) is 4.57 Å². The van der Waals surface area contributed by atoms with Gasteiger partial charge in [0.1, 0.15) is 12.7 Å². The van der Waals surface area contributed by atoms with Crippen LogP contribution >= 0.6 is 8.25 Å². The third kappa shape index (κ3) is 6.65. The normalized spacial score (nSPS) is 27.9. The summed E-state index contributed by atoms with van der Waals surface area (Å²) >= 11 is 0. The van der Waals surface area contributed by atoms with Gasteiger partial charge in [-0.05, 0) is 37.0 Å². The highest BCUT2D eigenvalue weighted by molar-refractivity contribution is 7.33. The van der Waals surface area contributed by atoms with Crippen molar-refractivity contribution < 1.29 is 13.6 Å². The van der Waals surface area contributed by atoms with Crippen LogP contribution in [0, 0.1) is 17.8 Å². The average Bonchev–Trinajstić information content (AvgIpc) is 2.38. The first-order chi connectivity index (χ1) is 9.54.